The Morgan fingerprint density at radius 2 is 1.52 bits per heavy atom. The lowest BCUT2D eigenvalue weighted by atomic mass is 9.99. The van der Waals surface area contributed by atoms with Crippen LogP contribution in [0.15, 0.2) is 136 Å². The summed E-state index contributed by atoms with van der Waals surface area (Å²) in [6, 6.07) is 34.6. The first-order valence-electron chi connectivity index (χ1n) is 21.1. The number of morpholine rings is 1. The predicted molar refractivity (Wildman–Crippen MR) is 252 cm³/mol. The molecule has 0 spiro atoms. The number of fused-ring (bicyclic) bond motifs is 1. The number of anilines is 3. The Hall–Kier alpha value is -5.63. The average molecular weight is 923 g/mol. The maximum atomic E-state index is 13.9. The van der Waals surface area contributed by atoms with Crippen LogP contribution >= 0.6 is 11.8 Å². The van der Waals surface area contributed by atoms with Crippen LogP contribution in [0.4, 0.5) is 22.9 Å². The molecule has 0 amide bonds. The summed E-state index contributed by atoms with van der Waals surface area (Å²) in [6.07, 6.45) is 3.23. The van der Waals surface area contributed by atoms with E-state index in [4.69, 9.17) is 4.74 Å². The monoisotopic (exact) mass is 922 g/mol. The topological polar surface area (TPSA) is 180 Å². The molecule has 2 saturated heterocycles. The number of piperazine rings is 1. The van der Waals surface area contributed by atoms with Gasteiger partial charge in [0.15, 0.2) is 15.7 Å². The molecular weight excluding hydrogens is 873 g/mol. The second-order valence-electron chi connectivity index (χ2n) is 15.9. The lowest BCUT2D eigenvalue weighted by molar-refractivity contribution is -0.384. The van der Waals surface area contributed by atoms with Crippen LogP contribution in [0.1, 0.15) is 12.0 Å². The number of benzene rings is 5. The highest BCUT2D eigenvalue weighted by atomic mass is 32.2. The van der Waals surface area contributed by atoms with Crippen LogP contribution in [0, 0.1) is 10.1 Å². The third kappa shape index (κ3) is 11.2. The number of nitrogens with zero attached hydrogens (tertiary/aromatic N) is 6. The summed E-state index contributed by atoms with van der Waals surface area (Å²) in [4.78, 5) is 28.6. The minimum absolute atomic E-state index is 0.0536. The van der Waals surface area contributed by atoms with Crippen molar-refractivity contribution < 1.29 is 26.5 Å². The first-order chi connectivity index (χ1) is 30.9. The minimum Gasteiger partial charge on any atom is -0.379 e. The number of rotatable bonds is 17. The molecule has 5 aromatic carbocycles. The van der Waals surface area contributed by atoms with Gasteiger partial charge in [-0.05, 0) is 77.7 Å². The van der Waals surface area contributed by atoms with E-state index in [1.807, 2.05) is 78.9 Å². The van der Waals surface area contributed by atoms with Gasteiger partial charge in [-0.3, -0.25) is 24.6 Å². The van der Waals surface area contributed by atoms with Crippen molar-refractivity contribution in [3.63, 3.8) is 0 Å². The maximum absolute atomic E-state index is 13.9. The largest absolute Gasteiger partial charge is 0.379 e. The maximum Gasteiger partial charge on any atom is 0.293 e. The zero-order chi connectivity index (χ0) is 44.7. The Balaban J connectivity index is 0.945. The van der Waals surface area contributed by atoms with E-state index in [0.717, 1.165) is 72.5 Å². The molecule has 2 fully saturated rings. The van der Waals surface area contributed by atoms with Crippen LogP contribution in [-0.4, -0.2) is 119 Å². The molecule has 64 heavy (non-hydrogen) atoms. The van der Waals surface area contributed by atoms with Gasteiger partial charge in [-0.1, -0.05) is 54.6 Å². The van der Waals surface area contributed by atoms with Crippen LogP contribution in [0.2, 0.25) is 0 Å². The van der Waals surface area contributed by atoms with Crippen molar-refractivity contribution in [2.45, 2.75) is 33.7 Å². The van der Waals surface area contributed by atoms with Crippen LogP contribution in [0.25, 0.3) is 22.0 Å². The van der Waals surface area contributed by atoms with Crippen LogP contribution < -0.4 is 14.9 Å². The second-order valence-corrected chi connectivity index (χ2v) is 20.7. The molecule has 2 aliphatic rings. The van der Waals surface area contributed by atoms with Crippen molar-refractivity contribution >= 4 is 65.4 Å². The summed E-state index contributed by atoms with van der Waals surface area (Å²) in [5, 5.41) is 16.3. The Labute approximate surface area is 378 Å². The highest BCUT2D eigenvalue weighted by Gasteiger charge is 2.26. The number of sulfone groups is 1. The number of hydrogen-bond acceptors (Lipinski definition) is 14. The van der Waals surface area contributed by atoms with Gasteiger partial charge < -0.3 is 15.0 Å². The third-order valence-corrected chi connectivity index (χ3v) is 15.1. The molecule has 334 valence electrons. The Bertz CT molecular complexity index is 2810. The Morgan fingerprint density at radius 1 is 0.797 bits per heavy atom. The highest BCUT2D eigenvalue weighted by molar-refractivity contribution is 7.99. The standard InChI is InChI=1S/C46H50N8O7S3/c1-63(57,58)39-13-16-41(34-8-4-2-5-9-34)35(28-39)31-52-20-22-53(23-21-52)37-12-15-42-44(29-37)47-33-48-46(42)50-64(59,60)40-14-17-43(45(30-40)54(55)56)49-36(18-19-51-24-26-61-27-25-51)32-62-38-10-6-3-7-11-38/h2-17,28-30,33,36,49H,18-27,31-32H2,1H3,(H,47,48,50)/t36-/m1/s1. The SMILES string of the molecule is CS(=O)(=O)c1ccc(-c2ccccc2)c(CN2CCN(c3ccc4c(NS(=O)(=O)c5ccc(N[C@H](CCN6CCOCC6)CSc6ccccc6)c([N+](=O)[O-])c5)ncnc4c3)CC2)c1. The fourth-order valence-corrected chi connectivity index (χ4v) is 10.7. The number of aromatic nitrogens is 2. The van der Waals surface area contributed by atoms with Gasteiger partial charge in [0.25, 0.3) is 15.7 Å². The van der Waals surface area contributed by atoms with Crippen molar-refractivity contribution in [3.8, 4) is 11.1 Å². The molecule has 2 N–H and O–H groups in total. The fourth-order valence-electron chi connectivity index (χ4n) is 7.99. The highest BCUT2D eigenvalue weighted by Crippen LogP contribution is 2.33. The number of sulfonamides is 1. The molecule has 0 saturated carbocycles. The number of thioether (sulfide) groups is 1. The second kappa shape index (κ2) is 20.0. The summed E-state index contributed by atoms with van der Waals surface area (Å²) < 4.78 is 60.7. The third-order valence-electron chi connectivity index (χ3n) is 11.5. The van der Waals surface area contributed by atoms with Gasteiger partial charge in [-0.2, -0.15) is 0 Å². The number of nitrogens with one attached hydrogen (secondary N) is 2. The molecule has 6 aromatic rings. The predicted octanol–water partition coefficient (Wildman–Crippen LogP) is 7.03. The van der Waals surface area contributed by atoms with Crippen molar-refractivity contribution in [1.82, 2.24) is 19.8 Å². The van der Waals surface area contributed by atoms with Crippen LogP contribution in [0.3, 0.4) is 0 Å². The van der Waals surface area contributed by atoms with E-state index >= 15 is 0 Å². The van der Waals surface area contributed by atoms with E-state index in [-0.39, 0.29) is 28.1 Å². The molecule has 0 aliphatic carbocycles. The van der Waals surface area contributed by atoms with Crippen LogP contribution in [-0.2, 0) is 31.1 Å². The molecule has 18 heteroatoms. The fraction of sp³-hybridized carbons (Fsp3) is 0.304. The minimum atomic E-state index is -4.32. The first kappa shape index (κ1) is 45.0. The van der Waals surface area contributed by atoms with Gasteiger partial charge in [0.2, 0.25) is 0 Å². The summed E-state index contributed by atoms with van der Waals surface area (Å²) in [5.41, 5.74) is 4.30. The number of hydrogen-bond donors (Lipinski definition) is 2. The summed E-state index contributed by atoms with van der Waals surface area (Å²) >= 11 is 1.65. The van der Waals surface area contributed by atoms with Crippen molar-refractivity contribution in [2.24, 2.45) is 0 Å². The van der Waals surface area contributed by atoms with Gasteiger partial charge >= 0.3 is 0 Å². The molecule has 0 bridgehead atoms. The first-order valence-corrected chi connectivity index (χ1v) is 25.4. The summed E-state index contributed by atoms with van der Waals surface area (Å²) in [5.74, 6) is 0.698. The molecule has 0 unspecified atom stereocenters. The van der Waals surface area contributed by atoms with E-state index < -0.39 is 24.8 Å². The van der Waals surface area contributed by atoms with Crippen molar-refractivity contribution in [3.05, 3.63) is 137 Å². The molecule has 2 aliphatic heterocycles. The van der Waals surface area contributed by atoms with Crippen LogP contribution in [0.5, 0.6) is 0 Å². The lowest BCUT2D eigenvalue weighted by Crippen LogP contribution is -2.46. The molecule has 15 nitrogen and oxygen atoms in total. The quantitative estimate of drug-likeness (QED) is 0.0541. The number of ether oxygens (including phenoxy) is 1. The average Bonchev–Trinajstić information content (AvgIpc) is 3.30. The van der Waals surface area contributed by atoms with Crippen molar-refractivity contribution in [1.29, 1.82) is 0 Å². The van der Waals surface area contributed by atoms with Gasteiger partial charge in [0, 0.05) is 92.4 Å². The zero-order valence-corrected chi connectivity index (χ0v) is 37.8. The molecule has 1 atom stereocenters. The molecular formula is C46H50N8O7S3. The lowest BCUT2D eigenvalue weighted by Gasteiger charge is -2.36. The van der Waals surface area contributed by atoms with E-state index in [0.29, 0.717) is 54.4 Å². The van der Waals surface area contributed by atoms with E-state index in [1.165, 1.54) is 24.7 Å². The Morgan fingerprint density at radius 3 is 2.23 bits per heavy atom. The smallest absolute Gasteiger partial charge is 0.293 e. The van der Waals surface area contributed by atoms with Crippen molar-refractivity contribution in [2.75, 3.05) is 86.0 Å². The van der Waals surface area contributed by atoms with Gasteiger partial charge in [-0.15, -0.1) is 11.8 Å². The van der Waals surface area contributed by atoms with Gasteiger partial charge in [0.05, 0.1) is 33.4 Å². The van der Waals surface area contributed by atoms with E-state index in [1.54, 1.807) is 30.0 Å². The molecule has 1 aromatic heterocycles. The zero-order valence-electron chi connectivity index (χ0n) is 35.4. The normalized spacial score (nSPS) is 15.8. The van der Waals surface area contributed by atoms with Gasteiger partial charge in [-0.25, -0.2) is 26.8 Å². The Kier molecular flexibility index (Phi) is 14.1. The number of nitro benzene ring substituents is 1. The summed E-state index contributed by atoms with van der Waals surface area (Å²) in [7, 11) is -7.70. The molecule has 8 rings (SSSR count). The summed E-state index contributed by atoms with van der Waals surface area (Å²) in [6.45, 7) is 7.22. The van der Waals surface area contributed by atoms with E-state index in [9.17, 15) is 26.9 Å². The van der Waals surface area contributed by atoms with Gasteiger partial charge in [0.1, 0.15) is 12.0 Å². The molecule has 3 heterocycles. The number of nitro groups is 1. The van der Waals surface area contributed by atoms with E-state index in [2.05, 4.69) is 34.7 Å². The molecule has 0 radical (unpaired) electrons.